The summed E-state index contributed by atoms with van der Waals surface area (Å²) in [7, 11) is 0. The van der Waals surface area contributed by atoms with Crippen molar-refractivity contribution in [3.63, 3.8) is 0 Å². The molecular weight excluding hydrogens is 318 g/mol. The van der Waals surface area contributed by atoms with Crippen molar-refractivity contribution in [3.05, 3.63) is 71.0 Å². The normalized spacial score (nSPS) is 10.5. The summed E-state index contributed by atoms with van der Waals surface area (Å²) in [5.41, 5.74) is 3.13. The molecule has 0 saturated carbocycles. The minimum Gasteiger partial charge on any atom is -0.355 e. The first-order valence-electron chi connectivity index (χ1n) is 7.89. The molecule has 0 aliphatic heterocycles. The number of nitrogens with zero attached hydrogens (tertiary/aromatic N) is 2. The van der Waals surface area contributed by atoms with Gasteiger partial charge in [-0.25, -0.2) is 4.98 Å². The van der Waals surface area contributed by atoms with Gasteiger partial charge in [0.15, 0.2) is 0 Å². The smallest absolute Gasteiger partial charge is 0.225 e. The van der Waals surface area contributed by atoms with E-state index in [1.54, 1.807) is 23.7 Å². The SMILES string of the molecule is Cc1nc(-c2cccnc2)sc1CC(=O)NCCc1ccccc1. The molecule has 0 unspecified atom stereocenters. The van der Waals surface area contributed by atoms with E-state index in [1.165, 1.54) is 5.56 Å². The third kappa shape index (κ3) is 4.26. The lowest BCUT2D eigenvalue weighted by atomic mass is 10.1. The fraction of sp³-hybridized carbons (Fsp3) is 0.211. The van der Waals surface area contributed by atoms with E-state index in [0.717, 1.165) is 27.6 Å². The first kappa shape index (κ1) is 16.3. The van der Waals surface area contributed by atoms with Crippen molar-refractivity contribution in [2.45, 2.75) is 19.8 Å². The third-order valence-electron chi connectivity index (χ3n) is 3.70. The molecule has 5 heteroatoms. The van der Waals surface area contributed by atoms with Crippen molar-refractivity contribution < 1.29 is 4.79 Å². The molecule has 0 radical (unpaired) electrons. The van der Waals surface area contributed by atoms with E-state index in [4.69, 9.17) is 0 Å². The molecular formula is C19H19N3OS. The standard InChI is InChI=1S/C19H19N3OS/c1-14-17(24-19(22-14)16-8-5-10-20-13-16)12-18(23)21-11-9-15-6-3-2-4-7-15/h2-8,10,13H,9,11-12H2,1H3,(H,21,23). The number of aromatic nitrogens is 2. The number of benzene rings is 1. The van der Waals surface area contributed by atoms with Crippen molar-refractivity contribution in [1.82, 2.24) is 15.3 Å². The summed E-state index contributed by atoms with van der Waals surface area (Å²) < 4.78 is 0. The second kappa shape index (κ2) is 7.84. The summed E-state index contributed by atoms with van der Waals surface area (Å²) in [6.45, 7) is 2.60. The first-order chi connectivity index (χ1) is 11.7. The van der Waals surface area contributed by atoms with E-state index in [0.29, 0.717) is 13.0 Å². The summed E-state index contributed by atoms with van der Waals surface area (Å²) in [5.74, 6) is 0.0374. The van der Waals surface area contributed by atoms with E-state index in [-0.39, 0.29) is 5.91 Å². The van der Waals surface area contributed by atoms with Crippen LogP contribution in [0, 0.1) is 6.92 Å². The monoisotopic (exact) mass is 337 g/mol. The maximum absolute atomic E-state index is 12.2. The Morgan fingerprint density at radius 1 is 1.17 bits per heavy atom. The molecule has 1 aromatic carbocycles. The maximum atomic E-state index is 12.2. The second-order valence-electron chi connectivity index (χ2n) is 5.53. The van der Waals surface area contributed by atoms with Crippen LogP contribution in [0.1, 0.15) is 16.1 Å². The zero-order valence-corrected chi connectivity index (χ0v) is 14.3. The van der Waals surface area contributed by atoms with Gasteiger partial charge < -0.3 is 5.32 Å². The Morgan fingerprint density at radius 2 is 2.00 bits per heavy atom. The zero-order chi connectivity index (χ0) is 16.8. The Kier molecular flexibility index (Phi) is 5.33. The zero-order valence-electron chi connectivity index (χ0n) is 13.5. The van der Waals surface area contributed by atoms with E-state index >= 15 is 0 Å². The van der Waals surface area contributed by atoms with Gasteiger partial charge in [0.05, 0.1) is 12.1 Å². The average Bonchev–Trinajstić information content (AvgIpc) is 2.97. The van der Waals surface area contributed by atoms with E-state index in [2.05, 4.69) is 27.4 Å². The Labute approximate surface area is 145 Å². The molecule has 3 aromatic rings. The van der Waals surface area contributed by atoms with Crippen molar-refractivity contribution in [3.8, 4) is 10.6 Å². The lowest BCUT2D eigenvalue weighted by Crippen LogP contribution is -2.27. The van der Waals surface area contributed by atoms with Crippen LogP contribution in [-0.2, 0) is 17.6 Å². The van der Waals surface area contributed by atoms with Gasteiger partial charge in [-0.05, 0) is 31.0 Å². The molecule has 0 spiro atoms. The molecule has 0 aliphatic carbocycles. The Hall–Kier alpha value is -2.53. The van der Waals surface area contributed by atoms with E-state index in [1.807, 2.05) is 37.3 Å². The molecule has 0 saturated heterocycles. The molecule has 1 amide bonds. The summed E-state index contributed by atoms with van der Waals surface area (Å²) in [5, 5.41) is 3.89. The third-order valence-corrected chi connectivity index (χ3v) is 4.91. The number of amides is 1. The van der Waals surface area contributed by atoms with Gasteiger partial charge in [-0.2, -0.15) is 0 Å². The molecule has 0 aliphatic rings. The van der Waals surface area contributed by atoms with Crippen molar-refractivity contribution in [2.75, 3.05) is 6.54 Å². The van der Waals surface area contributed by atoms with Crippen LogP contribution in [0.2, 0.25) is 0 Å². The topological polar surface area (TPSA) is 54.9 Å². The number of carbonyl (C=O) groups is 1. The van der Waals surface area contributed by atoms with Crippen LogP contribution in [0.15, 0.2) is 54.9 Å². The predicted molar refractivity (Wildman–Crippen MR) is 96.9 cm³/mol. The fourth-order valence-corrected chi connectivity index (χ4v) is 3.46. The number of thiazole rings is 1. The highest BCUT2D eigenvalue weighted by Crippen LogP contribution is 2.27. The molecule has 1 N–H and O–H groups in total. The van der Waals surface area contributed by atoms with Gasteiger partial charge in [0.2, 0.25) is 5.91 Å². The lowest BCUT2D eigenvalue weighted by Gasteiger charge is -2.04. The van der Waals surface area contributed by atoms with Gasteiger partial charge in [-0.1, -0.05) is 30.3 Å². The van der Waals surface area contributed by atoms with Crippen LogP contribution in [-0.4, -0.2) is 22.4 Å². The van der Waals surface area contributed by atoms with Crippen LogP contribution < -0.4 is 5.32 Å². The van der Waals surface area contributed by atoms with Crippen molar-refractivity contribution in [1.29, 1.82) is 0 Å². The number of hydrogen-bond acceptors (Lipinski definition) is 4. The number of hydrogen-bond donors (Lipinski definition) is 1. The molecule has 0 atom stereocenters. The van der Waals surface area contributed by atoms with Gasteiger partial charge in [0, 0.05) is 29.4 Å². The van der Waals surface area contributed by atoms with Crippen molar-refractivity contribution in [2.24, 2.45) is 0 Å². The highest BCUT2D eigenvalue weighted by molar-refractivity contribution is 7.15. The Balaban J connectivity index is 1.56. The Morgan fingerprint density at radius 3 is 2.75 bits per heavy atom. The van der Waals surface area contributed by atoms with Crippen molar-refractivity contribution >= 4 is 17.2 Å². The van der Waals surface area contributed by atoms with E-state index in [9.17, 15) is 4.79 Å². The summed E-state index contributed by atoms with van der Waals surface area (Å²) in [6, 6.07) is 14.0. The number of carbonyl (C=O) groups excluding carboxylic acids is 1. The van der Waals surface area contributed by atoms with Crippen LogP contribution in [0.4, 0.5) is 0 Å². The van der Waals surface area contributed by atoms with Gasteiger partial charge in [-0.15, -0.1) is 11.3 Å². The molecule has 24 heavy (non-hydrogen) atoms. The fourth-order valence-electron chi connectivity index (χ4n) is 2.40. The Bertz CT molecular complexity index is 800. The molecule has 2 heterocycles. The molecule has 122 valence electrons. The summed E-state index contributed by atoms with van der Waals surface area (Å²) >= 11 is 1.56. The van der Waals surface area contributed by atoms with E-state index < -0.39 is 0 Å². The molecule has 2 aromatic heterocycles. The van der Waals surface area contributed by atoms with Crippen LogP contribution in [0.25, 0.3) is 10.6 Å². The largest absolute Gasteiger partial charge is 0.355 e. The second-order valence-corrected chi connectivity index (χ2v) is 6.62. The summed E-state index contributed by atoms with van der Waals surface area (Å²) in [6.07, 6.45) is 4.75. The number of rotatable bonds is 6. The van der Waals surface area contributed by atoms with Crippen LogP contribution in [0.3, 0.4) is 0 Å². The number of nitrogens with one attached hydrogen (secondary N) is 1. The van der Waals surface area contributed by atoms with Gasteiger partial charge in [0.1, 0.15) is 5.01 Å². The lowest BCUT2D eigenvalue weighted by molar-refractivity contribution is -0.120. The average molecular weight is 337 g/mol. The molecule has 0 bridgehead atoms. The minimum absolute atomic E-state index is 0.0374. The summed E-state index contributed by atoms with van der Waals surface area (Å²) in [4.78, 5) is 21.8. The quantitative estimate of drug-likeness (QED) is 0.750. The molecule has 0 fully saturated rings. The van der Waals surface area contributed by atoms with Gasteiger partial charge >= 0.3 is 0 Å². The number of aryl methyl sites for hydroxylation is 1. The highest BCUT2D eigenvalue weighted by atomic mass is 32.1. The van der Waals surface area contributed by atoms with Crippen LogP contribution >= 0.6 is 11.3 Å². The first-order valence-corrected chi connectivity index (χ1v) is 8.71. The van der Waals surface area contributed by atoms with Gasteiger partial charge in [-0.3, -0.25) is 9.78 Å². The molecule has 3 rings (SSSR count). The number of pyridine rings is 1. The van der Waals surface area contributed by atoms with Crippen LogP contribution in [0.5, 0.6) is 0 Å². The maximum Gasteiger partial charge on any atom is 0.225 e. The molecule has 4 nitrogen and oxygen atoms in total. The van der Waals surface area contributed by atoms with Gasteiger partial charge in [0.25, 0.3) is 0 Å². The predicted octanol–water partition coefficient (Wildman–Crippen LogP) is 3.41. The minimum atomic E-state index is 0.0374. The highest BCUT2D eigenvalue weighted by Gasteiger charge is 2.12.